The SMILES string of the molecule is CC(=O)SCCc1ccc(Cl)nn1. The van der Waals surface area contributed by atoms with Gasteiger partial charge >= 0.3 is 0 Å². The molecule has 1 aromatic heterocycles. The van der Waals surface area contributed by atoms with E-state index >= 15 is 0 Å². The summed E-state index contributed by atoms with van der Waals surface area (Å²) >= 11 is 6.85. The highest BCUT2D eigenvalue weighted by Crippen LogP contribution is 2.07. The topological polar surface area (TPSA) is 42.9 Å². The molecule has 0 aliphatic heterocycles. The van der Waals surface area contributed by atoms with Crippen LogP contribution >= 0.6 is 23.4 Å². The molecule has 0 aromatic carbocycles. The first kappa shape index (κ1) is 10.5. The molecule has 0 amide bonds. The summed E-state index contributed by atoms with van der Waals surface area (Å²) in [6.07, 6.45) is 0.744. The van der Waals surface area contributed by atoms with Crippen LogP contribution in [0.3, 0.4) is 0 Å². The molecule has 0 spiro atoms. The molecule has 0 aliphatic rings. The summed E-state index contributed by atoms with van der Waals surface area (Å²) in [5.41, 5.74) is 0.859. The molecule has 0 unspecified atom stereocenters. The summed E-state index contributed by atoms with van der Waals surface area (Å²) in [6.45, 7) is 1.55. The molecule has 5 heteroatoms. The Morgan fingerprint density at radius 3 is 2.85 bits per heavy atom. The van der Waals surface area contributed by atoms with Gasteiger partial charge in [-0.1, -0.05) is 23.4 Å². The van der Waals surface area contributed by atoms with Crippen LogP contribution in [-0.4, -0.2) is 21.1 Å². The van der Waals surface area contributed by atoms with Crippen molar-refractivity contribution in [3.8, 4) is 0 Å². The summed E-state index contributed by atoms with van der Waals surface area (Å²) in [5.74, 6) is 0.742. The van der Waals surface area contributed by atoms with Crippen LogP contribution in [0.25, 0.3) is 0 Å². The molecule has 1 heterocycles. The predicted molar refractivity (Wildman–Crippen MR) is 53.9 cm³/mol. The van der Waals surface area contributed by atoms with Gasteiger partial charge in [-0.05, 0) is 12.1 Å². The Balaban J connectivity index is 2.37. The van der Waals surface area contributed by atoms with E-state index in [-0.39, 0.29) is 5.12 Å². The molecule has 13 heavy (non-hydrogen) atoms. The number of rotatable bonds is 3. The van der Waals surface area contributed by atoms with Gasteiger partial charge in [-0.2, -0.15) is 5.10 Å². The van der Waals surface area contributed by atoms with Gasteiger partial charge in [0.25, 0.3) is 0 Å². The van der Waals surface area contributed by atoms with E-state index in [1.807, 2.05) is 6.07 Å². The molecule has 0 atom stereocenters. The van der Waals surface area contributed by atoms with Crippen LogP contribution in [-0.2, 0) is 11.2 Å². The van der Waals surface area contributed by atoms with Gasteiger partial charge in [0.15, 0.2) is 10.3 Å². The highest BCUT2D eigenvalue weighted by atomic mass is 35.5. The number of hydrogen-bond donors (Lipinski definition) is 0. The molecular weight excluding hydrogens is 208 g/mol. The van der Waals surface area contributed by atoms with Crippen molar-refractivity contribution in [1.82, 2.24) is 10.2 Å². The van der Waals surface area contributed by atoms with Gasteiger partial charge in [0.2, 0.25) is 0 Å². The van der Waals surface area contributed by atoms with Crippen LogP contribution in [0.5, 0.6) is 0 Å². The van der Waals surface area contributed by atoms with E-state index < -0.39 is 0 Å². The number of carbonyl (C=O) groups is 1. The maximum absolute atomic E-state index is 10.6. The highest BCUT2D eigenvalue weighted by molar-refractivity contribution is 8.13. The number of aromatic nitrogens is 2. The van der Waals surface area contributed by atoms with Gasteiger partial charge in [0.1, 0.15) is 0 Å². The molecular formula is C8H9ClN2OS. The summed E-state index contributed by atoms with van der Waals surface area (Å²) in [7, 11) is 0. The lowest BCUT2D eigenvalue weighted by molar-refractivity contribution is -0.109. The molecule has 0 saturated carbocycles. The van der Waals surface area contributed by atoms with E-state index in [9.17, 15) is 4.79 Å². The zero-order valence-electron chi connectivity index (χ0n) is 7.16. The lowest BCUT2D eigenvalue weighted by atomic mass is 10.3. The second-order valence-electron chi connectivity index (χ2n) is 2.44. The average Bonchev–Trinajstić information content (AvgIpc) is 2.08. The Labute approximate surface area is 85.9 Å². The number of halogens is 1. The van der Waals surface area contributed by atoms with Crippen LogP contribution < -0.4 is 0 Å². The van der Waals surface area contributed by atoms with Crippen molar-refractivity contribution in [3.05, 3.63) is 23.0 Å². The van der Waals surface area contributed by atoms with Gasteiger partial charge in [-0.3, -0.25) is 4.79 Å². The van der Waals surface area contributed by atoms with Crippen molar-refractivity contribution >= 4 is 28.5 Å². The van der Waals surface area contributed by atoms with Crippen molar-refractivity contribution in [2.75, 3.05) is 5.75 Å². The van der Waals surface area contributed by atoms with Gasteiger partial charge in [-0.15, -0.1) is 5.10 Å². The largest absolute Gasteiger partial charge is 0.288 e. The normalized spacial score (nSPS) is 10.0. The van der Waals surface area contributed by atoms with Crippen molar-refractivity contribution < 1.29 is 4.79 Å². The first-order chi connectivity index (χ1) is 6.18. The van der Waals surface area contributed by atoms with Gasteiger partial charge < -0.3 is 0 Å². The fourth-order valence-corrected chi connectivity index (χ4v) is 1.48. The van der Waals surface area contributed by atoms with Crippen LogP contribution in [0, 0.1) is 0 Å². The van der Waals surface area contributed by atoms with Gasteiger partial charge in [-0.25, -0.2) is 0 Å². The Kier molecular flexibility index (Phi) is 4.18. The lowest BCUT2D eigenvalue weighted by Gasteiger charge is -1.97. The Morgan fingerprint density at radius 1 is 1.54 bits per heavy atom. The van der Waals surface area contributed by atoms with E-state index in [2.05, 4.69) is 10.2 Å². The van der Waals surface area contributed by atoms with Gasteiger partial charge in [0, 0.05) is 19.1 Å². The van der Waals surface area contributed by atoms with E-state index in [1.54, 1.807) is 13.0 Å². The monoisotopic (exact) mass is 216 g/mol. The Bertz CT molecular complexity index is 289. The summed E-state index contributed by atoms with van der Waals surface area (Å²) < 4.78 is 0. The average molecular weight is 217 g/mol. The minimum atomic E-state index is 0.127. The zero-order valence-corrected chi connectivity index (χ0v) is 8.73. The van der Waals surface area contributed by atoms with Crippen molar-refractivity contribution in [3.63, 3.8) is 0 Å². The quantitative estimate of drug-likeness (QED) is 0.775. The summed E-state index contributed by atoms with van der Waals surface area (Å²) in [4.78, 5) is 10.6. The van der Waals surface area contributed by atoms with Crippen molar-refractivity contribution in [2.24, 2.45) is 0 Å². The predicted octanol–water partition coefficient (Wildman–Crippen LogP) is 1.95. The van der Waals surface area contributed by atoms with Crippen LogP contribution in [0.1, 0.15) is 12.6 Å². The van der Waals surface area contributed by atoms with Crippen molar-refractivity contribution in [1.29, 1.82) is 0 Å². The van der Waals surface area contributed by atoms with Crippen LogP contribution in [0.4, 0.5) is 0 Å². The van der Waals surface area contributed by atoms with Crippen LogP contribution in [0.2, 0.25) is 5.15 Å². The van der Waals surface area contributed by atoms with E-state index in [0.29, 0.717) is 5.15 Å². The third-order valence-electron chi connectivity index (χ3n) is 1.35. The number of aryl methyl sites for hydroxylation is 1. The molecule has 70 valence electrons. The number of nitrogens with zero attached hydrogens (tertiary/aromatic N) is 2. The summed E-state index contributed by atoms with van der Waals surface area (Å²) in [5, 5.41) is 8.09. The Morgan fingerprint density at radius 2 is 2.31 bits per heavy atom. The molecule has 0 radical (unpaired) electrons. The molecule has 0 aliphatic carbocycles. The molecule has 1 rings (SSSR count). The Hall–Kier alpha value is -0.610. The fourth-order valence-electron chi connectivity index (χ4n) is 0.776. The first-order valence-corrected chi connectivity index (χ1v) is 5.16. The minimum absolute atomic E-state index is 0.127. The smallest absolute Gasteiger partial charge is 0.185 e. The maximum Gasteiger partial charge on any atom is 0.185 e. The zero-order chi connectivity index (χ0) is 9.68. The molecule has 3 nitrogen and oxygen atoms in total. The number of hydrogen-bond acceptors (Lipinski definition) is 4. The highest BCUT2D eigenvalue weighted by Gasteiger charge is 1.98. The minimum Gasteiger partial charge on any atom is -0.288 e. The standard InChI is InChI=1S/C8H9ClN2OS/c1-6(12)13-5-4-7-2-3-8(9)11-10-7/h2-3H,4-5H2,1H3. The second kappa shape index (κ2) is 5.19. The molecule has 1 aromatic rings. The molecule has 0 bridgehead atoms. The molecule has 0 saturated heterocycles. The second-order valence-corrected chi connectivity index (χ2v) is 4.10. The molecule has 0 fully saturated rings. The van der Waals surface area contributed by atoms with Crippen molar-refractivity contribution in [2.45, 2.75) is 13.3 Å². The maximum atomic E-state index is 10.6. The first-order valence-electron chi connectivity index (χ1n) is 3.80. The van der Waals surface area contributed by atoms with E-state index in [1.165, 1.54) is 11.8 Å². The van der Waals surface area contributed by atoms with Crippen LogP contribution in [0.15, 0.2) is 12.1 Å². The molecule has 0 N–H and O–H groups in total. The third-order valence-corrected chi connectivity index (χ3v) is 2.37. The third kappa shape index (κ3) is 4.24. The lowest BCUT2D eigenvalue weighted by Crippen LogP contribution is -1.96. The summed E-state index contributed by atoms with van der Waals surface area (Å²) in [6, 6.07) is 3.51. The van der Waals surface area contributed by atoms with Gasteiger partial charge in [0.05, 0.1) is 5.69 Å². The fraction of sp³-hybridized carbons (Fsp3) is 0.375. The van der Waals surface area contributed by atoms with E-state index in [4.69, 9.17) is 11.6 Å². The number of carbonyl (C=O) groups excluding carboxylic acids is 1. The number of thioether (sulfide) groups is 1. The van der Waals surface area contributed by atoms with E-state index in [0.717, 1.165) is 17.9 Å².